The lowest BCUT2D eigenvalue weighted by atomic mass is 9.85. The van der Waals surface area contributed by atoms with Crippen LogP contribution in [-0.4, -0.2) is 6.04 Å². The summed E-state index contributed by atoms with van der Waals surface area (Å²) in [5, 5.41) is 0. The molecule has 0 aliphatic heterocycles. The molecule has 1 fully saturated rings. The van der Waals surface area contributed by atoms with E-state index in [1.165, 1.54) is 40.8 Å². The summed E-state index contributed by atoms with van der Waals surface area (Å²) in [6.45, 7) is 0. The molecule has 0 saturated heterocycles. The minimum Gasteiger partial charge on any atom is -0.257 e. The summed E-state index contributed by atoms with van der Waals surface area (Å²) >= 11 is 1.78. The second kappa shape index (κ2) is 7.90. The molecule has 1 aliphatic carbocycles. The first kappa shape index (κ1) is 16.4. The zero-order valence-electron chi connectivity index (χ0n) is 14.3. The first-order chi connectivity index (χ1) is 12.4. The number of hydrogen-bond donors (Lipinski definition) is 1. The zero-order chi connectivity index (χ0) is 16.9. The Morgan fingerprint density at radius 1 is 0.720 bits per heavy atom. The van der Waals surface area contributed by atoms with Crippen LogP contribution in [0.1, 0.15) is 41.9 Å². The number of hydrogen-bond acceptors (Lipinski definition) is 2. The van der Waals surface area contributed by atoms with E-state index in [2.05, 4.69) is 89.7 Å². The van der Waals surface area contributed by atoms with E-state index in [1.807, 2.05) is 0 Å². The predicted molar refractivity (Wildman–Crippen MR) is 107 cm³/mol. The van der Waals surface area contributed by atoms with Gasteiger partial charge in [0.1, 0.15) is 0 Å². The van der Waals surface area contributed by atoms with Crippen molar-refractivity contribution in [3.8, 4) is 0 Å². The van der Waals surface area contributed by atoms with Crippen LogP contribution in [0, 0.1) is 0 Å². The maximum Gasteiger partial charge on any atom is 0.0340 e. The summed E-state index contributed by atoms with van der Waals surface area (Å²) < 4.78 is 3.60. The highest BCUT2D eigenvalue weighted by Crippen LogP contribution is 2.33. The number of rotatable bonds is 6. The molecular formula is C23H23NS. The first-order valence-corrected chi connectivity index (χ1v) is 9.84. The monoisotopic (exact) mass is 345 g/mol. The highest BCUT2D eigenvalue weighted by atomic mass is 32.2. The van der Waals surface area contributed by atoms with Crippen molar-refractivity contribution in [2.45, 2.75) is 36.1 Å². The fraction of sp³-hybridized carbons (Fsp3) is 0.217. The minimum atomic E-state index is 0.270. The molecule has 0 atom stereocenters. The van der Waals surface area contributed by atoms with Gasteiger partial charge in [0.25, 0.3) is 0 Å². The molecule has 0 unspecified atom stereocenters. The Hall–Kier alpha value is -2.03. The minimum absolute atomic E-state index is 0.270. The van der Waals surface area contributed by atoms with Crippen LogP contribution in [0.25, 0.3) is 0 Å². The van der Waals surface area contributed by atoms with Crippen molar-refractivity contribution in [2.24, 2.45) is 0 Å². The highest BCUT2D eigenvalue weighted by molar-refractivity contribution is 7.97. The standard InChI is InChI=1S/C23H23NS/c1-3-9-18(10-4-1)23(19-11-5-2-6-12-19)20-13-7-16-22(17-20)25-24-21-14-8-15-21/h1-7,9-13,16-17,21,23-24H,8,14-15H2. The van der Waals surface area contributed by atoms with Crippen molar-refractivity contribution in [2.75, 3.05) is 0 Å². The van der Waals surface area contributed by atoms with Gasteiger partial charge in [0.2, 0.25) is 0 Å². The van der Waals surface area contributed by atoms with Crippen LogP contribution in [0.3, 0.4) is 0 Å². The molecule has 126 valence electrons. The lowest BCUT2D eigenvalue weighted by molar-refractivity contribution is 0.395. The molecule has 3 aromatic carbocycles. The van der Waals surface area contributed by atoms with Crippen molar-refractivity contribution in [1.82, 2.24) is 4.72 Å². The van der Waals surface area contributed by atoms with Gasteiger partial charge in [0.05, 0.1) is 0 Å². The molecule has 3 aromatic rings. The molecule has 1 N–H and O–H groups in total. The van der Waals surface area contributed by atoms with Crippen molar-refractivity contribution in [1.29, 1.82) is 0 Å². The van der Waals surface area contributed by atoms with Gasteiger partial charge in [-0.15, -0.1) is 0 Å². The lowest BCUT2D eigenvalue weighted by Crippen LogP contribution is -2.29. The molecule has 0 bridgehead atoms. The fourth-order valence-corrected chi connectivity index (χ4v) is 4.18. The maximum atomic E-state index is 3.60. The molecule has 4 rings (SSSR count). The summed E-state index contributed by atoms with van der Waals surface area (Å²) in [6, 6.07) is 31.2. The Morgan fingerprint density at radius 2 is 1.32 bits per heavy atom. The molecule has 0 amide bonds. The van der Waals surface area contributed by atoms with Crippen LogP contribution in [-0.2, 0) is 0 Å². The molecular weight excluding hydrogens is 322 g/mol. The third-order valence-corrected chi connectivity index (χ3v) is 5.85. The van der Waals surface area contributed by atoms with Crippen LogP contribution >= 0.6 is 11.9 Å². The number of nitrogens with one attached hydrogen (secondary N) is 1. The van der Waals surface area contributed by atoms with Gasteiger partial charge in [-0.1, -0.05) is 79.2 Å². The van der Waals surface area contributed by atoms with Crippen LogP contribution in [0.15, 0.2) is 89.8 Å². The molecule has 2 heteroatoms. The van der Waals surface area contributed by atoms with Gasteiger partial charge in [-0.05, 0) is 53.6 Å². The van der Waals surface area contributed by atoms with E-state index >= 15 is 0 Å². The smallest absolute Gasteiger partial charge is 0.0340 e. The van der Waals surface area contributed by atoms with Gasteiger partial charge in [-0.3, -0.25) is 4.72 Å². The number of benzene rings is 3. The lowest BCUT2D eigenvalue weighted by Gasteiger charge is -2.26. The van der Waals surface area contributed by atoms with E-state index in [4.69, 9.17) is 0 Å². The summed E-state index contributed by atoms with van der Waals surface area (Å²) in [7, 11) is 0. The van der Waals surface area contributed by atoms with E-state index in [0.29, 0.717) is 6.04 Å². The summed E-state index contributed by atoms with van der Waals surface area (Å²) in [5.74, 6) is 0.270. The first-order valence-electron chi connectivity index (χ1n) is 9.02. The third-order valence-electron chi connectivity index (χ3n) is 4.91. The second-order valence-corrected chi connectivity index (χ2v) is 7.59. The SMILES string of the molecule is c1ccc(C(c2ccccc2)c2cccc(SNC3CCC3)c2)cc1. The Morgan fingerprint density at radius 3 is 1.88 bits per heavy atom. The molecule has 1 saturated carbocycles. The average molecular weight is 346 g/mol. The van der Waals surface area contributed by atoms with Crippen LogP contribution in [0.4, 0.5) is 0 Å². The van der Waals surface area contributed by atoms with Crippen molar-refractivity contribution in [3.63, 3.8) is 0 Å². The molecule has 0 radical (unpaired) electrons. The van der Waals surface area contributed by atoms with Gasteiger partial charge in [-0.25, -0.2) is 0 Å². The molecule has 1 aliphatic rings. The van der Waals surface area contributed by atoms with Crippen LogP contribution in [0.2, 0.25) is 0 Å². The molecule has 1 nitrogen and oxygen atoms in total. The molecule has 25 heavy (non-hydrogen) atoms. The maximum absolute atomic E-state index is 3.60. The predicted octanol–water partition coefficient (Wildman–Crippen LogP) is 6.02. The fourth-order valence-electron chi connectivity index (χ4n) is 3.30. The van der Waals surface area contributed by atoms with Crippen LogP contribution in [0.5, 0.6) is 0 Å². The summed E-state index contributed by atoms with van der Waals surface area (Å²) in [4.78, 5) is 1.29. The average Bonchev–Trinajstić information content (AvgIpc) is 2.63. The summed E-state index contributed by atoms with van der Waals surface area (Å²) in [6.07, 6.45) is 3.98. The van der Waals surface area contributed by atoms with E-state index in [1.54, 1.807) is 11.9 Å². The van der Waals surface area contributed by atoms with E-state index in [-0.39, 0.29) is 5.92 Å². The van der Waals surface area contributed by atoms with Gasteiger partial charge in [0, 0.05) is 16.9 Å². The Labute approximate surface area is 154 Å². The van der Waals surface area contributed by atoms with Gasteiger partial charge >= 0.3 is 0 Å². The topological polar surface area (TPSA) is 12.0 Å². The van der Waals surface area contributed by atoms with Crippen molar-refractivity contribution in [3.05, 3.63) is 102 Å². The van der Waals surface area contributed by atoms with Crippen LogP contribution < -0.4 is 4.72 Å². The Bertz CT molecular complexity index is 757. The molecule has 0 aromatic heterocycles. The normalized spacial score (nSPS) is 14.4. The van der Waals surface area contributed by atoms with E-state index in [0.717, 1.165) is 0 Å². The van der Waals surface area contributed by atoms with E-state index < -0.39 is 0 Å². The highest BCUT2D eigenvalue weighted by Gasteiger charge is 2.19. The Kier molecular flexibility index (Phi) is 5.19. The van der Waals surface area contributed by atoms with Gasteiger partial charge in [-0.2, -0.15) is 0 Å². The van der Waals surface area contributed by atoms with Gasteiger partial charge in [0.15, 0.2) is 0 Å². The zero-order valence-corrected chi connectivity index (χ0v) is 15.1. The summed E-state index contributed by atoms with van der Waals surface area (Å²) in [5.41, 5.74) is 4.02. The molecule has 0 spiro atoms. The van der Waals surface area contributed by atoms with Crippen molar-refractivity contribution >= 4 is 11.9 Å². The van der Waals surface area contributed by atoms with Crippen molar-refractivity contribution < 1.29 is 0 Å². The molecule has 0 heterocycles. The Balaban J connectivity index is 1.65. The third kappa shape index (κ3) is 3.97. The quantitative estimate of drug-likeness (QED) is 0.433. The second-order valence-electron chi connectivity index (χ2n) is 6.67. The van der Waals surface area contributed by atoms with Gasteiger partial charge < -0.3 is 0 Å². The largest absolute Gasteiger partial charge is 0.257 e. The van der Waals surface area contributed by atoms with E-state index in [9.17, 15) is 0 Å².